The molecule has 0 bridgehead atoms. The molecule has 0 aliphatic carbocycles. The van der Waals surface area contributed by atoms with Crippen molar-refractivity contribution in [2.24, 2.45) is 5.73 Å². The summed E-state index contributed by atoms with van der Waals surface area (Å²) in [5.41, 5.74) is 4.41. The predicted molar refractivity (Wildman–Crippen MR) is 77.5 cm³/mol. The van der Waals surface area contributed by atoms with Gasteiger partial charge in [0, 0.05) is 16.6 Å². The molecule has 2 N–H and O–H groups in total. The van der Waals surface area contributed by atoms with Gasteiger partial charge < -0.3 is 10.6 Å². The van der Waals surface area contributed by atoms with E-state index in [1.807, 2.05) is 0 Å². The van der Waals surface area contributed by atoms with Gasteiger partial charge in [0.15, 0.2) is 0 Å². The summed E-state index contributed by atoms with van der Waals surface area (Å²) in [4.78, 5) is 13.5. The lowest BCUT2D eigenvalue weighted by Crippen LogP contribution is -2.37. The zero-order chi connectivity index (χ0) is 15.5. The lowest BCUT2D eigenvalue weighted by atomic mass is 10.1. The second-order valence-corrected chi connectivity index (χ2v) is 5.36. The molecule has 20 heavy (non-hydrogen) atoms. The number of amides is 1. The number of alkyl halides is 3. The number of nitrogens with zero attached hydrogens (tertiary/aromatic N) is 1. The Balaban J connectivity index is 3.14. The SMILES string of the molecule is CCN(CC(N)=S)C(=O)c1ccc(Br)c(C(F)(F)F)c1. The molecule has 0 aromatic heterocycles. The van der Waals surface area contributed by atoms with Crippen LogP contribution in [0.5, 0.6) is 0 Å². The normalized spacial score (nSPS) is 11.2. The molecule has 0 heterocycles. The Morgan fingerprint density at radius 3 is 2.50 bits per heavy atom. The van der Waals surface area contributed by atoms with Crippen molar-refractivity contribution in [1.29, 1.82) is 0 Å². The van der Waals surface area contributed by atoms with Crippen molar-refractivity contribution in [3.8, 4) is 0 Å². The Morgan fingerprint density at radius 2 is 2.05 bits per heavy atom. The minimum atomic E-state index is -4.53. The highest BCUT2D eigenvalue weighted by Gasteiger charge is 2.34. The minimum absolute atomic E-state index is 0.0298. The van der Waals surface area contributed by atoms with Crippen LogP contribution in [0.1, 0.15) is 22.8 Å². The van der Waals surface area contributed by atoms with Crippen LogP contribution < -0.4 is 5.73 Å². The minimum Gasteiger partial charge on any atom is -0.392 e. The molecule has 0 spiro atoms. The molecule has 0 atom stereocenters. The monoisotopic (exact) mass is 368 g/mol. The fourth-order valence-electron chi connectivity index (χ4n) is 1.57. The highest BCUT2D eigenvalue weighted by molar-refractivity contribution is 9.10. The molecule has 8 heteroatoms. The van der Waals surface area contributed by atoms with Crippen molar-refractivity contribution < 1.29 is 18.0 Å². The van der Waals surface area contributed by atoms with Crippen molar-refractivity contribution in [2.75, 3.05) is 13.1 Å². The summed E-state index contributed by atoms with van der Waals surface area (Å²) in [5, 5.41) is 0. The van der Waals surface area contributed by atoms with E-state index in [-0.39, 0.29) is 21.6 Å². The Kier molecular flexibility index (Phi) is 5.52. The number of carbonyl (C=O) groups excluding carboxylic acids is 1. The summed E-state index contributed by atoms with van der Waals surface area (Å²) >= 11 is 7.53. The van der Waals surface area contributed by atoms with E-state index < -0.39 is 17.6 Å². The number of halogens is 4. The number of benzene rings is 1. The fraction of sp³-hybridized carbons (Fsp3) is 0.333. The lowest BCUT2D eigenvalue weighted by Gasteiger charge is -2.21. The van der Waals surface area contributed by atoms with Gasteiger partial charge in [0.2, 0.25) is 0 Å². The quantitative estimate of drug-likeness (QED) is 0.830. The summed E-state index contributed by atoms with van der Waals surface area (Å²) < 4.78 is 38.3. The Labute approximate surface area is 128 Å². The van der Waals surface area contributed by atoms with Crippen LogP contribution >= 0.6 is 28.1 Å². The molecule has 0 fully saturated rings. The van der Waals surface area contributed by atoms with Gasteiger partial charge in [0.25, 0.3) is 5.91 Å². The van der Waals surface area contributed by atoms with Gasteiger partial charge in [-0.15, -0.1) is 0 Å². The summed E-state index contributed by atoms with van der Waals surface area (Å²) in [7, 11) is 0. The molecule has 1 rings (SSSR count). The van der Waals surface area contributed by atoms with Crippen LogP contribution in [0.2, 0.25) is 0 Å². The Bertz CT molecular complexity index is 534. The third-order valence-electron chi connectivity index (χ3n) is 2.53. The van der Waals surface area contributed by atoms with Gasteiger partial charge in [-0.2, -0.15) is 13.2 Å². The molecule has 1 amide bonds. The van der Waals surface area contributed by atoms with E-state index in [1.165, 1.54) is 17.0 Å². The number of hydrogen-bond acceptors (Lipinski definition) is 2. The molecule has 0 aliphatic heterocycles. The topological polar surface area (TPSA) is 46.3 Å². The van der Waals surface area contributed by atoms with Crippen molar-refractivity contribution >= 4 is 39.0 Å². The molecular weight excluding hydrogens is 357 g/mol. The molecule has 110 valence electrons. The first-order chi connectivity index (χ1) is 9.16. The molecule has 0 saturated heterocycles. The molecule has 0 saturated carbocycles. The molecule has 0 unspecified atom stereocenters. The zero-order valence-electron chi connectivity index (χ0n) is 10.5. The number of nitrogens with two attached hydrogens (primary N) is 1. The standard InChI is InChI=1S/C12H12BrF3N2OS/c1-2-18(6-10(17)20)11(19)7-3-4-9(13)8(5-7)12(14,15)16/h3-5H,2,6H2,1H3,(H2,17,20). The highest BCUT2D eigenvalue weighted by Crippen LogP contribution is 2.35. The van der Waals surface area contributed by atoms with E-state index in [2.05, 4.69) is 15.9 Å². The van der Waals surface area contributed by atoms with Crippen LogP contribution in [0.25, 0.3) is 0 Å². The molecule has 1 aromatic carbocycles. The fourth-order valence-corrected chi connectivity index (χ4v) is 2.20. The van der Waals surface area contributed by atoms with Crippen LogP contribution in [-0.2, 0) is 6.18 Å². The van der Waals surface area contributed by atoms with E-state index in [9.17, 15) is 18.0 Å². The number of hydrogen-bond donors (Lipinski definition) is 1. The average Bonchev–Trinajstić information content (AvgIpc) is 2.34. The molecule has 1 aromatic rings. The molecular formula is C12H12BrF3N2OS. The van der Waals surface area contributed by atoms with Gasteiger partial charge in [0.1, 0.15) is 0 Å². The molecule has 0 radical (unpaired) electrons. The zero-order valence-corrected chi connectivity index (χ0v) is 12.9. The van der Waals surface area contributed by atoms with Crippen molar-refractivity contribution in [3.63, 3.8) is 0 Å². The van der Waals surface area contributed by atoms with E-state index >= 15 is 0 Å². The van der Waals surface area contributed by atoms with Crippen molar-refractivity contribution in [3.05, 3.63) is 33.8 Å². The number of likely N-dealkylation sites (N-methyl/N-ethyl adjacent to an activating group) is 1. The van der Waals surface area contributed by atoms with Crippen LogP contribution in [-0.4, -0.2) is 28.9 Å². The first-order valence-corrected chi connectivity index (χ1v) is 6.81. The van der Waals surface area contributed by atoms with Gasteiger partial charge in [-0.25, -0.2) is 0 Å². The van der Waals surface area contributed by atoms with Crippen LogP contribution in [0.3, 0.4) is 0 Å². The average molecular weight is 369 g/mol. The lowest BCUT2D eigenvalue weighted by molar-refractivity contribution is -0.138. The number of rotatable bonds is 4. The third kappa shape index (κ3) is 4.17. The third-order valence-corrected chi connectivity index (χ3v) is 3.35. The second-order valence-electron chi connectivity index (χ2n) is 3.98. The van der Waals surface area contributed by atoms with E-state index in [4.69, 9.17) is 18.0 Å². The van der Waals surface area contributed by atoms with Gasteiger partial charge in [-0.1, -0.05) is 28.1 Å². The first kappa shape index (κ1) is 16.9. The van der Waals surface area contributed by atoms with Gasteiger partial charge >= 0.3 is 6.18 Å². The highest BCUT2D eigenvalue weighted by atomic mass is 79.9. The molecule has 3 nitrogen and oxygen atoms in total. The van der Waals surface area contributed by atoms with Crippen LogP contribution in [0.4, 0.5) is 13.2 Å². The Morgan fingerprint density at radius 1 is 1.45 bits per heavy atom. The van der Waals surface area contributed by atoms with Crippen LogP contribution in [0.15, 0.2) is 22.7 Å². The van der Waals surface area contributed by atoms with Gasteiger partial charge in [-0.3, -0.25) is 4.79 Å². The maximum Gasteiger partial charge on any atom is 0.417 e. The molecule has 0 aliphatic rings. The van der Waals surface area contributed by atoms with E-state index in [1.54, 1.807) is 6.92 Å². The number of carbonyl (C=O) groups is 1. The second kappa shape index (κ2) is 6.53. The number of thiocarbonyl (C=S) groups is 1. The predicted octanol–water partition coefficient (Wildman–Crippen LogP) is 3.22. The van der Waals surface area contributed by atoms with Crippen LogP contribution in [0, 0.1) is 0 Å². The maximum atomic E-state index is 12.8. The Hall–Kier alpha value is -1.15. The van der Waals surface area contributed by atoms with Crippen molar-refractivity contribution in [1.82, 2.24) is 4.90 Å². The summed E-state index contributed by atoms with van der Waals surface area (Å²) in [6.07, 6.45) is -4.53. The van der Waals surface area contributed by atoms with Gasteiger partial charge in [-0.05, 0) is 25.1 Å². The maximum absolute atomic E-state index is 12.8. The van der Waals surface area contributed by atoms with Crippen molar-refractivity contribution in [2.45, 2.75) is 13.1 Å². The first-order valence-electron chi connectivity index (χ1n) is 5.61. The van der Waals surface area contributed by atoms with Gasteiger partial charge in [0.05, 0.1) is 17.1 Å². The van der Waals surface area contributed by atoms with E-state index in [0.717, 1.165) is 6.07 Å². The largest absolute Gasteiger partial charge is 0.417 e. The van der Waals surface area contributed by atoms with E-state index in [0.29, 0.717) is 6.54 Å². The summed E-state index contributed by atoms with van der Waals surface area (Å²) in [6.45, 7) is 2.02. The smallest absolute Gasteiger partial charge is 0.392 e. The summed E-state index contributed by atoms with van der Waals surface area (Å²) in [6, 6.07) is 3.34. The summed E-state index contributed by atoms with van der Waals surface area (Å²) in [5.74, 6) is -0.543.